The molecule has 0 radical (unpaired) electrons. The first kappa shape index (κ1) is 17.8. The molecule has 0 saturated carbocycles. The summed E-state index contributed by atoms with van der Waals surface area (Å²) >= 11 is 7.39. The van der Waals surface area contributed by atoms with Crippen LogP contribution < -0.4 is 4.90 Å². The molecule has 2 heterocycles. The molecular formula is C18H19ClN2O3S. The van der Waals surface area contributed by atoms with Crippen LogP contribution in [0.3, 0.4) is 0 Å². The van der Waals surface area contributed by atoms with E-state index in [0.717, 1.165) is 23.7 Å². The Morgan fingerprint density at radius 2 is 1.92 bits per heavy atom. The van der Waals surface area contributed by atoms with Crippen LogP contribution in [0.2, 0.25) is 5.02 Å². The average Bonchev–Trinajstić information content (AvgIpc) is 3.06. The van der Waals surface area contributed by atoms with Crippen molar-refractivity contribution in [2.24, 2.45) is 0 Å². The van der Waals surface area contributed by atoms with Gasteiger partial charge >= 0.3 is 5.97 Å². The molecule has 0 unspecified atom stereocenters. The molecule has 1 saturated heterocycles. The number of amides is 1. The van der Waals surface area contributed by atoms with Gasteiger partial charge in [0.25, 0.3) is 5.91 Å². The fourth-order valence-corrected chi connectivity index (χ4v) is 3.67. The molecule has 3 rings (SSSR count). The molecule has 0 N–H and O–H groups in total. The summed E-state index contributed by atoms with van der Waals surface area (Å²) in [5, 5.41) is 0.701. The number of rotatable bonds is 4. The van der Waals surface area contributed by atoms with Gasteiger partial charge in [0.15, 0.2) is 6.61 Å². The molecule has 0 atom stereocenters. The Balaban J connectivity index is 1.47. The molecule has 7 heteroatoms. The summed E-state index contributed by atoms with van der Waals surface area (Å²) < 4.78 is 5.13. The second kappa shape index (κ2) is 7.89. The summed E-state index contributed by atoms with van der Waals surface area (Å²) in [4.78, 5) is 29.6. The van der Waals surface area contributed by atoms with Crippen molar-refractivity contribution in [1.29, 1.82) is 0 Å². The van der Waals surface area contributed by atoms with Gasteiger partial charge in [0.05, 0.1) is 0 Å². The number of hydrogen-bond donors (Lipinski definition) is 0. The van der Waals surface area contributed by atoms with E-state index in [9.17, 15) is 9.59 Å². The van der Waals surface area contributed by atoms with Crippen LogP contribution in [0.5, 0.6) is 0 Å². The van der Waals surface area contributed by atoms with E-state index in [0.29, 0.717) is 23.0 Å². The van der Waals surface area contributed by atoms with Crippen LogP contribution >= 0.6 is 22.9 Å². The van der Waals surface area contributed by atoms with E-state index in [1.807, 2.05) is 37.3 Å². The van der Waals surface area contributed by atoms with Gasteiger partial charge in [0.1, 0.15) is 4.88 Å². The lowest BCUT2D eigenvalue weighted by Crippen LogP contribution is -2.49. The van der Waals surface area contributed by atoms with E-state index >= 15 is 0 Å². The monoisotopic (exact) mass is 378 g/mol. The zero-order valence-electron chi connectivity index (χ0n) is 13.9. The molecular weight excluding hydrogens is 360 g/mol. The number of hydrogen-bond acceptors (Lipinski definition) is 5. The van der Waals surface area contributed by atoms with E-state index < -0.39 is 5.97 Å². The average molecular weight is 379 g/mol. The Bertz CT molecular complexity index is 769. The predicted molar refractivity (Wildman–Crippen MR) is 99.6 cm³/mol. The molecule has 1 aliphatic rings. The highest BCUT2D eigenvalue weighted by Crippen LogP contribution is 2.21. The van der Waals surface area contributed by atoms with Crippen molar-refractivity contribution in [1.82, 2.24) is 4.90 Å². The summed E-state index contributed by atoms with van der Waals surface area (Å²) in [6, 6.07) is 11.3. The molecule has 2 aromatic rings. The minimum atomic E-state index is -0.441. The Labute approximate surface area is 155 Å². The van der Waals surface area contributed by atoms with Crippen molar-refractivity contribution < 1.29 is 14.3 Å². The third-order valence-corrected chi connectivity index (χ3v) is 5.29. The van der Waals surface area contributed by atoms with Crippen LogP contribution in [0.25, 0.3) is 0 Å². The number of aryl methyl sites for hydroxylation is 1. The van der Waals surface area contributed by atoms with Crippen LogP contribution in [-0.4, -0.2) is 49.6 Å². The summed E-state index contributed by atoms with van der Waals surface area (Å²) in [5.41, 5.74) is 1.05. The number of carbonyl (C=O) groups excluding carboxylic acids is 2. The quantitative estimate of drug-likeness (QED) is 0.766. The van der Waals surface area contributed by atoms with E-state index in [1.165, 1.54) is 11.3 Å². The third kappa shape index (κ3) is 4.52. The standard InChI is InChI=1S/C18H19ClN2O3S/c1-13-5-6-16(25-13)18(23)24-12-17(22)21-9-7-20(8-10-21)15-4-2-3-14(19)11-15/h2-6,11H,7-10,12H2,1H3. The molecule has 0 spiro atoms. The first-order valence-corrected chi connectivity index (χ1v) is 9.24. The number of thiophene rings is 1. The highest BCUT2D eigenvalue weighted by molar-refractivity contribution is 7.13. The number of ether oxygens (including phenoxy) is 1. The van der Waals surface area contributed by atoms with Gasteiger partial charge in [0.2, 0.25) is 0 Å². The van der Waals surface area contributed by atoms with E-state index in [1.54, 1.807) is 11.0 Å². The molecule has 1 aromatic carbocycles. The molecule has 0 aliphatic carbocycles. The lowest BCUT2D eigenvalue weighted by Gasteiger charge is -2.36. The number of carbonyl (C=O) groups is 2. The maximum absolute atomic E-state index is 12.2. The van der Waals surface area contributed by atoms with E-state index in [4.69, 9.17) is 16.3 Å². The van der Waals surface area contributed by atoms with Crippen molar-refractivity contribution in [3.05, 3.63) is 51.2 Å². The van der Waals surface area contributed by atoms with Gasteiger partial charge in [-0.1, -0.05) is 17.7 Å². The number of anilines is 1. The van der Waals surface area contributed by atoms with Crippen LogP contribution in [0.15, 0.2) is 36.4 Å². The SMILES string of the molecule is Cc1ccc(C(=O)OCC(=O)N2CCN(c3cccc(Cl)c3)CC2)s1. The van der Waals surface area contributed by atoms with Crippen molar-refractivity contribution in [2.45, 2.75) is 6.92 Å². The Morgan fingerprint density at radius 1 is 1.16 bits per heavy atom. The van der Waals surface area contributed by atoms with Gasteiger partial charge in [-0.05, 0) is 37.3 Å². The molecule has 5 nitrogen and oxygen atoms in total. The maximum atomic E-state index is 12.2. The molecule has 0 bridgehead atoms. The van der Waals surface area contributed by atoms with Crippen LogP contribution in [-0.2, 0) is 9.53 Å². The molecule has 132 valence electrons. The largest absolute Gasteiger partial charge is 0.451 e. The van der Waals surface area contributed by atoms with Crippen molar-refractivity contribution in [3.63, 3.8) is 0 Å². The predicted octanol–water partition coefficient (Wildman–Crippen LogP) is 3.22. The summed E-state index contributed by atoms with van der Waals surface area (Å²) in [6.45, 7) is 4.36. The summed E-state index contributed by atoms with van der Waals surface area (Å²) in [5.74, 6) is -0.601. The molecule has 1 aliphatic heterocycles. The highest BCUT2D eigenvalue weighted by atomic mass is 35.5. The zero-order valence-corrected chi connectivity index (χ0v) is 15.5. The molecule has 1 fully saturated rings. The lowest BCUT2D eigenvalue weighted by atomic mass is 10.2. The van der Waals surface area contributed by atoms with Gasteiger partial charge in [-0.25, -0.2) is 4.79 Å². The second-order valence-electron chi connectivity index (χ2n) is 5.83. The smallest absolute Gasteiger partial charge is 0.348 e. The molecule has 1 amide bonds. The third-order valence-electron chi connectivity index (χ3n) is 4.07. The van der Waals surface area contributed by atoms with Crippen molar-refractivity contribution >= 4 is 40.5 Å². The molecule has 1 aromatic heterocycles. The Hall–Kier alpha value is -2.05. The number of esters is 1. The molecule has 25 heavy (non-hydrogen) atoms. The number of halogens is 1. The topological polar surface area (TPSA) is 49.9 Å². The zero-order chi connectivity index (χ0) is 17.8. The lowest BCUT2D eigenvalue weighted by molar-refractivity contribution is -0.134. The fraction of sp³-hybridized carbons (Fsp3) is 0.333. The van der Waals surface area contributed by atoms with Gasteiger partial charge in [-0.2, -0.15) is 0 Å². The van der Waals surface area contributed by atoms with E-state index in [2.05, 4.69) is 4.90 Å². The fourth-order valence-electron chi connectivity index (χ4n) is 2.72. The highest BCUT2D eigenvalue weighted by Gasteiger charge is 2.22. The number of piperazine rings is 1. The van der Waals surface area contributed by atoms with E-state index in [-0.39, 0.29) is 12.5 Å². The maximum Gasteiger partial charge on any atom is 0.348 e. The first-order valence-electron chi connectivity index (χ1n) is 8.05. The van der Waals surface area contributed by atoms with Crippen molar-refractivity contribution in [3.8, 4) is 0 Å². The normalized spacial score (nSPS) is 14.5. The van der Waals surface area contributed by atoms with Crippen LogP contribution in [0.1, 0.15) is 14.5 Å². The van der Waals surface area contributed by atoms with Crippen LogP contribution in [0, 0.1) is 6.92 Å². The minimum Gasteiger partial charge on any atom is -0.451 e. The van der Waals surface area contributed by atoms with Gasteiger partial charge in [-0.15, -0.1) is 11.3 Å². The van der Waals surface area contributed by atoms with Gasteiger partial charge in [-0.3, -0.25) is 4.79 Å². The van der Waals surface area contributed by atoms with Gasteiger partial charge in [0, 0.05) is 41.8 Å². The first-order chi connectivity index (χ1) is 12.0. The van der Waals surface area contributed by atoms with Crippen LogP contribution in [0.4, 0.5) is 5.69 Å². The Morgan fingerprint density at radius 3 is 2.56 bits per heavy atom. The summed E-state index contributed by atoms with van der Waals surface area (Å²) in [7, 11) is 0. The number of benzene rings is 1. The Kier molecular flexibility index (Phi) is 5.60. The minimum absolute atomic E-state index is 0.160. The second-order valence-corrected chi connectivity index (χ2v) is 7.56. The van der Waals surface area contributed by atoms with Gasteiger partial charge < -0.3 is 14.5 Å². The van der Waals surface area contributed by atoms with Crippen molar-refractivity contribution in [2.75, 3.05) is 37.7 Å². The summed E-state index contributed by atoms with van der Waals surface area (Å²) in [6.07, 6.45) is 0. The number of nitrogens with zero attached hydrogens (tertiary/aromatic N) is 2.